The Morgan fingerprint density at radius 2 is 1.86 bits per heavy atom. The Bertz CT molecular complexity index is 610. The second kappa shape index (κ2) is 4.21. The molecular formula is C17H18INO2. The van der Waals surface area contributed by atoms with E-state index in [1.165, 1.54) is 30.2 Å². The first-order valence-corrected chi connectivity index (χ1v) is 9.12. The van der Waals surface area contributed by atoms with E-state index in [2.05, 4.69) is 12.2 Å². The molecule has 4 heteroatoms. The molecule has 3 nitrogen and oxygen atoms in total. The van der Waals surface area contributed by atoms with Crippen LogP contribution in [-0.4, -0.2) is 23.3 Å². The summed E-state index contributed by atoms with van der Waals surface area (Å²) in [6.07, 6.45) is 10.3. The van der Waals surface area contributed by atoms with Crippen LogP contribution in [0.15, 0.2) is 21.8 Å². The third-order valence-corrected chi connectivity index (χ3v) is 7.56. The fourth-order valence-electron chi connectivity index (χ4n) is 6.25. The van der Waals surface area contributed by atoms with E-state index in [4.69, 9.17) is 0 Å². The minimum atomic E-state index is -0.100. The molecular weight excluding hydrogens is 377 g/mol. The predicted molar refractivity (Wildman–Crippen MR) is 86.2 cm³/mol. The molecule has 110 valence electrons. The fourth-order valence-corrected chi connectivity index (χ4v) is 6.80. The van der Waals surface area contributed by atoms with E-state index in [1.54, 1.807) is 0 Å². The van der Waals surface area contributed by atoms with E-state index >= 15 is 0 Å². The van der Waals surface area contributed by atoms with Gasteiger partial charge in [0.25, 0.3) is 11.8 Å². The molecule has 0 aromatic carbocycles. The van der Waals surface area contributed by atoms with Crippen LogP contribution >= 0.6 is 22.6 Å². The highest BCUT2D eigenvalue weighted by Crippen LogP contribution is 2.67. The van der Waals surface area contributed by atoms with Crippen LogP contribution < -0.4 is 0 Å². The molecule has 7 unspecified atom stereocenters. The van der Waals surface area contributed by atoms with Crippen LogP contribution in [0.5, 0.6) is 0 Å². The van der Waals surface area contributed by atoms with Gasteiger partial charge in [0.2, 0.25) is 0 Å². The van der Waals surface area contributed by atoms with Gasteiger partial charge in [-0.15, -0.1) is 0 Å². The molecule has 4 bridgehead atoms. The monoisotopic (exact) mass is 395 g/mol. The lowest BCUT2D eigenvalue weighted by Crippen LogP contribution is -2.40. The van der Waals surface area contributed by atoms with Crippen molar-refractivity contribution >= 4 is 34.4 Å². The molecule has 1 aliphatic heterocycles. The second-order valence-electron chi connectivity index (χ2n) is 7.50. The summed E-state index contributed by atoms with van der Waals surface area (Å²) in [4.78, 5) is 25.5. The van der Waals surface area contributed by atoms with Gasteiger partial charge in [0.15, 0.2) is 0 Å². The molecule has 0 N–H and O–H groups in total. The number of allylic oxidation sites excluding steroid dienone is 2. The number of hydrogen-bond donors (Lipinski definition) is 0. The summed E-state index contributed by atoms with van der Waals surface area (Å²) >= 11 is 1.98. The molecule has 0 saturated heterocycles. The number of fused-ring (bicyclic) bond motifs is 9. The largest absolute Gasteiger partial charge is 0.274 e. The van der Waals surface area contributed by atoms with Crippen LogP contribution in [0.1, 0.15) is 19.3 Å². The number of hydrogen-bond acceptors (Lipinski definition) is 2. The van der Waals surface area contributed by atoms with Crippen molar-refractivity contribution in [1.82, 2.24) is 4.90 Å². The van der Waals surface area contributed by atoms with E-state index in [-0.39, 0.29) is 11.8 Å². The Hall–Kier alpha value is -0.650. The van der Waals surface area contributed by atoms with Gasteiger partial charge >= 0.3 is 0 Å². The molecule has 5 aliphatic rings. The molecule has 5 rings (SSSR count). The quantitative estimate of drug-likeness (QED) is 0.312. The van der Waals surface area contributed by atoms with Crippen molar-refractivity contribution in [3.8, 4) is 0 Å². The van der Waals surface area contributed by atoms with Gasteiger partial charge in [-0.25, -0.2) is 0 Å². The maximum atomic E-state index is 12.1. The molecule has 3 saturated carbocycles. The molecule has 0 radical (unpaired) electrons. The average Bonchev–Trinajstić information content (AvgIpc) is 3.22. The SMILES string of the molecule is O=C1C=C(I)C(=O)N1CC1CC2CC1C1C3C=CC(C3)C21. The first-order valence-electron chi connectivity index (χ1n) is 8.05. The van der Waals surface area contributed by atoms with Crippen molar-refractivity contribution in [2.24, 2.45) is 41.4 Å². The molecule has 0 aromatic rings. The topological polar surface area (TPSA) is 37.4 Å². The Balaban J connectivity index is 1.36. The zero-order valence-corrected chi connectivity index (χ0v) is 13.9. The van der Waals surface area contributed by atoms with Gasteiger partial charge < -0.3 is 0 Å². The van der Waals surface area contributed by atoms with E-state index in [9.17, 15) is 9.59 Å². The van der Waals surface area contributed by atoms with Crippen LogP contribution in [-0.2, 0) is 9.59 Å². The van der Waals surface area contributed by atoms with Crippen molar-refractivity contribution in [3.63, 3.8) is 0 Å². The summed E-state index contributed by atoms with van der Waals surface area (Å²) in [6.45, 7) is 0.659. The number of carbonyl (C=O) groups is 2. The van der Waals surface area contributed by atoms with Crippen molar-refractivity contribution in [3.05, 3.63) is 21.8 Å². The molecule has 0 spiro atoms. The number of imide groups is 1. The summed E-state index contributed by atoms with van der Waals surface area (Å²) in [5, 5.41) is 0. The van der Waals surface area contributed by atoms with E-state index in [1.807, 2.05) is 22.6 Å². The Kier molecular flexibility index (Phi) is 2.57. The van der Waals surface area contributed by atoms with E-state index in [0.29, 0.717) is 16.0 Å². The minimum absolute atomic E-state index is 0.0761. The van der Waals surface area contributed by atoms with Crippen molar-refractivity contribution in [2.75, 3.05) is 6.54 Å². The number of halogens is 1. The first kappa shape index (κ1) is 12.9. The Morgan fingerprint density at radius 3 is 2.57 bits per heavy atom. The molecule has 7 atom stereocenters. The number of amides is 2. The summed E-state index contributed by atoms with van der Waals surface area (Å²) < 4.78 is 0.571. The summed E-state index contributed by atoms with van der Waals surface area (Å²) in [5.74, 6) is 5.38. The molecule has 0 aromatic heterocycles. The standard InChI is InChI=1S/C17H18INO2/c18-13-6-14(20)19(17(13)21)7-11-4-10-5-12(11)16-9-2-1-8(3-9)15(10)16/h1-2,6,8-12,15-16H,3-5,7H2. The number of rotatable bonds is 2. The summed E-state index contributed by atoms with van der Waals surface area (Å²) in [6, 6.07) is 0. The molecule has 1 heterocycles. The lowest BCUT2D eigenvalue weighted by Gasteiger charge is -2.37. The van der Waals surface area contributed by atoms with Gasteiger partial charge in [-0.2, -0.15) is 0 Å². The normalized spacial score (nSPS) is 49.5. The highest BCUT2D eigenvalue weighted by atomic mass is 127. The van der Waals surface area contributed by atoms with Gasteiger partial charge in [0.05, 0.1) is 3.58 Å². The zero-order chi connectivity index (χ0) is 14.3. The third-order valence-electron chi connectivity index (χ3n) is 6.79. The lowest BCUT2D eigenvalue weighted by molar-refractivity contribution is -0.138. The van der Waals surface area contributed by atoms with Gasteiger partial charge in [-0.05, 0) is 83.3 Å². The van der Waals surface area contributed by atoms with Crippen LogP contribution in [0.25, 0.3) is 0 Å². The van der Waals surface area contributed by atoms with Crippen molar-refractivity contribution in [1.29, 1.82) is 0 Å². The number of nitrogens with zero attached hydrogens (tertiary/aromatic N) is 1. The maximum absolute atomic E-state index is 12.1. The number of carbonyl (C=O) groups excluding carboxylic acids is 2. The molecule has 2 amide bonds. The fraction of sp³-hybridized carbons (Fsp3) is 0.647. The summed E-state index contributed by atoms with van der Waals surface area (Å²) in [7, 11) is 0. The minimum Gasteiger partial charge on any atom is -0.274 e. The van der Waals surface area contributed by atoms with Crippen LogP contribution in [0, 0.1) is 41.4 Å². The van der Waals surface area contributed by atoms with Gasteiger partial charge in [0, 0.05) is 12.6 Å². The maximum Gasteiger partial charge on any atom is 0.267 e. The van der Waals surface area contributed by atoms with Gasteiger partial charge in [-0.3, -0.25) is 14.5 Å². The average molecular weight is 395 g/mol. The molecule has 21 heavy (non-hydrogen) atoms. The second-order valence-corrected chi connectivity index (χ2v) is 8.67. The zero-order valence-electron chi connectivity index (χ0n) is 11.7. The van der Waals surface area contributed by atoms with Gasteiger partial charge in [0.1, 0.15) is 0 Å². The van der Waals surface area contributed by atoms with Crippen molar-refractivity contribution < 1.29 is 9.59 Å². The van der Waals surface area contributed by atoms with Crippen LogP contribution in [0.2, 0.25) is 0 Å². The van der Waals surface area contributed by atoms with Crippen LogP contribution in [0.3, 0.4) is 0 Å². The highest BCUT2D eigenvalue weighted by molar-refractivity contribution is 14.1. The van der Waals surface area contributed by atoms with Crippen LogP contribution in [0.4, 0.5) is 0 Å². The van der Waals surface area contributed by atoms with Crippen molar-refractivity contribution in [2.45, 2.75) is 19.3 Å². The smallest absolute Gasteiger partial charge is 0.267 e. The van der Waals surface area contributed by atoms with E-state index in [0.717, 1.165) is 35.5 Å². The summed E-state index contributed by atoms with van der Waals surface area (Å²) in [5.41, 5.74) is 0. The lowest BCUT2D eigenvalue weighted by atomic mass is 9.69. The van der Waals surface area contributed by atoms with Gasteiger partial charge in [-0.1, -0.05) is 12.2 Å². The van der Waals surface area contributed by atoms with E-state index < -0.39 is 0 Å². The predicted octanol–water partition coefficient (Wildman–Crippen LogP) is 2.77. The molecule has 3 fully saturated rings. The Labute approximate surface area is 138 Å². The highest BCUT2D eigenvalue weighted by Gasteiger charge is 2.61. The third kappa shape index (κ3) is 1.60. The first-order chi connectivity index (χ1) is 10.1. The molecule has 4 aliphatic carbocycles. The Morgan fingerprint density at radius 1 is 1.10 bits per heavy atom.